The maximum Gasteiger partial charge on any atom is 0.253 e. The third-order valence-electron chi connectivity index (χ3n) is 2.98. The zero-order valence-corrected chi connectivity index (χ0v) is 12.6. The van der Waals surface area contributed by atoms with Crippen molar-refractivity contribution in [2.24, 2.45) is 0 Å². The number of methoxy groups -OCH3 is 1. The molecule has 0 heterocycles. The molecule has 1 rings (SSSR count). The van der Waals surface area contributed by atoms with Gasteiger partial charge in [-0.3, -0.25) is 4.79 Å². The third kappa shape index (κ3) is 4.74. The lowest BCUT2D eigenvalue weighted by Crippen LogP contribution is -2.30. The summed E-state index contributed by atoms with van der Waals surface area (Å²) in [7, 11) is 1.54. The van der Waals surface area contributed by atoms with E-state index in [1.54, 1.807) is 25.1 Å². The first-order valence-electron chi connectivity index (χ1n) is 6.87. The van der Waals surface area contributed by atoms with Crippen LogP contribution in [0.25, 0.3) is 0 Å². The molecular formula is C15H24N2O3. The topological polar surface area (TPSA) is 73.6 Å². The Balaban J connectivity index is 2.66. The molecule has 0 aliphatic heterocycles. The van der Waals surface area contributed by atoms with Gasteiger partial charge in [0.1, 0.15) is 11.9 Å². The van der Waals surface area contributed by atoms with Gasteiger partial charge < -0.3 is 20.5 Å². The zero-order valence-electron chi connectivity index (χ0n) is 12.6. The number of benzene rings is 1. The Labute approximate surface area is 120 Å². The van der Waals surface area contributed by atoms with Gasteiger partial charge in [0.05, 0.1) is 18.9 Å². The number of amides is 1. The Bertz CT molecular complexity index is 449. The maximum atomic E-state index is 12.1. The number of ether oxygens (including phenoxy) is 2. The lowest BCUT2D eigenvalue weighted by Gasteiger charge is -2.19. The van der Waals surface area contributed by atoms with Crippen LogP contribution in [0.5, 0.6) is 5.75 Å². The zero-order chi connectivity index (χ0) is 15.1. The number of nitrogen functional groups attached to an aromatic ring is 1. The molecule has 1 aromatic carbocycles. The molecule has 20 heavy (non-hydrogen) atoms. The largest absolute Gasteiger partial charge is 0.494 e. The average molecular weight is 280 g/mol. The number of nitrogens with two attached hydrogens (primary N) is 1. The second-order valence-electron chi connectivity index (χ2n) is 4.83. The molecule has 3 N–H and O–H groups in total. The van der Waals surface area contributed by atoms with E-state index >= 15 is 0 Å². The Hall–Kier alpha value is -1.75. The smallest absolute Gasteiger partial charge is 0.253 e. The van der Waals surface area contributed by atoms with Crippen molar-refractivity contribution in [2.45, 2.75) is 45.8 Å². The first-order valence-corrected chi connectivity index (χ1v) is 6.87. The van der Waals surface area contributed by atoms with Crippen LogP contribution in [0.3, 0.4) is 0 Å². The fraction of sp³-hybridized carbons (Fsp3) is 0.533. The molecule has 0 aliphatic carbocycles. The normalized spacial score (nSPS) is 13.6. The molecule has 5 nitrogen and oxygen atoms in total. The highest BCUT2D eigenvalue weighted by atomic mass is 16.5. The molecule has 0 spiro atoms. The van der Waals surface area contributed by atoms with Gasteiger partial charge >= 0.3 is 0 Å². The third-order valence-corrected chi connectivity index (χ3v) is 2.98. The summed E-state index contributed by atoms with van der Waals surface area (Å²) in [5.74, 6) is 0.336. The van der Waals surface area contributed by atoms with Crippen LogP contribution >= 0.6 is 0 Å². The highest BCUT2D eigenvalue weighted by Gasteiger charge is 2.17. The van der Waals surface area contributed by atoms with Crippen molar-refractivity contribution in [3.05, 3.63) is 18.2 Å². The molecule has 5 heteroatoms. The van der Waals surface area contributed by atoms with E-state index in [1.807, 2.05) is 6.92 Å². The molecule has 0 saturated heterocycles. The summed E-state index contributed by atoms with van der Waals surface area (Å²) >= 11 is 0. The summed E-state index contributed by atoms with van der Waals surface area (Å²) in [6, 6.07) is 5.10. The van der Waals surface area contributed by atoms with Crippen molar-refractivity contribution < 1.29 is 14.3 Å². The van der Waals surface area contributed by atoms with E-state index in [4.69, 9.17) is 15.2 Å². The van der Waals surface area contributed by atoms with Gasteiger partial charge in [-0.1, -0.05) is 13.3 Å². The maximum absolute atomic E-state index is 12.1. The highest BCUT2D eigenvalue weighted by molar-refractivity contribution is 5.95. The van der Waals surface area contributed by atoms with E-state index in [-0.39, 0.29) is 12.0 Å². The number of nitrogens with one attached hydrogen (secondary N) is 1. The van der Waals surface area contributed by atoms with Crippen molar-refractivity contribution >= 4 is 17.3 Å². The Morgan fingerprint density at radius 1 is 1.40 bits per heavy atom. The SMILES string of the molecule is CCCC(C)OC(C)C(=O)Nc1ccc(N)cc1OC. The number of hydrogen-bond acceptors (Lipinski definition) is 4. The predicted molar refractivity (Wildman–Crippen MR) is 81.0 cm³/mol. The second kappa shape index (κ2) is 7.75. The minimum atomic E-state index is -0.515. The van der Waals surface area contributed by atoms with Crippen LogP contribution in [0.2, 0.25) is 0 Å². The van der Waals surface area contributed by atoms with Gasteiger partial charge in [-0.25, -0.2) is 0 Å². The number of rotatable bonds is 7. The van der Waals surface area contributed by atoms with Gasteiger partial charge in [0, 0.05) is 11.8 Å². The van der Waals surface area contributed by atoms with Crippen LogP contribution in [0.4, 0.5) is 11.4 Å². The van der Waals surface area contributed by atoms with Gasteiger partial charge in [-0.05, 0) is 32.4 Å². The van der Waals surface area contributed by atoms with Crippen molar-refractivity contribution in [3.63, 3.8) is 0 Å². The van der Waals surface area contributed by atoms with Crippen LogP contribution in [0.15, 0.2) is 18.2 Å². The van der Waals surface area contributed by atoms with E-state index in [0.29, 0.717) is 17.1 Å². The summed E-state index contributed by atoms with van der Waals surface area (Å²) in [6.45, 7) is 5.80. The van der Waals surface area contributed by atoms with Crippen LogP contribution < -0.4 is 15.8 Å². The second-order valence-corrected chi connectivity index (χ2v) is 4.83. The fourth-order valence-electron chi connectivity index (χ4n) is 1.93. The van der Waals surface area contributed by atoms with Crippen molar-refractivity contribution in [1.29, 1.82) is 0 Å². The van der Waals surface area contributed by atoms with Crippen LogP contribution in [-0.2, 0) is 9.53 Å². The standard InChI is InChI=1S/C15H24N2O3/c1-5-6-10(2)20-11(3)15(18)17-13-8-7-12(16)9-14(13)19-4/h7-11H,5-6,16H2,1-4H3,(H,17,18). The van der Waals surface area contributed by atoms with Gasteiger partial charge in [-0.15, -0.1) is 0 Å². The molecule has 0 aromatic heterocycles. The van der Waals surface area contributed by atoms with E-state index in [1.165, 1.54) is 7.11 Å². The Morgan fingerprint density at radius 3 is 2.70 bits per heavy atom. The molecule has 0 saturated carbocycles. The predicted octanol–water partition coefficient (Wildman–Crippen LogP) is 2.81. The first kappa shape index (κ1) is 16.3. The summed E-state index contributed by atoms with van der Waals surface area (Å²) in [5, 5.41) is 2.79. The van der Waals surface area contributed by atoms with Gasteiger partial charge in [0.25, 0.3) is 5.91 Å². The van der Waals surface area contributed by atoms with E-state index in [2.05, 4.69) is 12.2 Å². The Kier molecular flexibility index (Phi) is 6.31. The van der Waals surface area contributed by atoms with Crippen molar-refractivity contribution in [3.8, 4) is 5.75 Å². The molecular weight excluding hydrogens is 256 g/mol. The van der Waals surface area contributed by atoms with Gasteiger partial charge in [0.2, 0.25) is 0 Å². The minimum absolute atomic E-state index is 0.0639. The van der Waals surface area contributed by atoms with Crippen molar-refractivity contribution in [1.82, 2.24) is 0 Å². The summed E-state index contributed by atoms with van der Waals surface area (Å²) in [4.78, 5) is 12.1. The van der Waals surface area contributed by atoms with Crippen LogP contribution in [0, 0.1) is 0 Å². The molecule has 1 aromatic rings. The minimum Gasteiger partial charge on any atom is -0.494 e. The number of carbonyl (C=O) groups excluding carboxylic acids is 1. The first-order chi connectivity index (χ1) is 9.47. The quantitative estimate of drug-likeness (QED) is 0.753. The lowest BCUT2D eigenvalue weighted by atomic mass is 10.2. The van der Waals surface area contributed by atoms with E-state index in [0.717, 1.165) is 12.8 Å². The highest BCUT2D eigenvalue weighted by Crippen LogP contribution is 2.26. The molecule has 0 bridgehead atoms. The molecule has 1 amide bonds. The number of carbonyl (C=O) groups is 1. The molecule has 0 aliphatic rings. The van der Waals surface area contributed by atoms with Crippen molar-refractivity contribution in [2.75, 3.05) is 18.2 Å². The Morgan fingerprint density at radius 2 is 2.10 bits per heavy atom. The molecule has 0 fully saturated rings. The lowest BCUT2D eigenvalue weighted by molar-refractivity contribution is -0.129. The average Bonchev–Trinajstić information content (AvgIpc) is 2.40. The molecule has 112 valence electrons. The van der Waals surface area contributed by atoms with Crippen LogP contribution in [-0.4, -0.2) is 25.2 Å². The van der Waals surface area contributed by atoms with E-state index in [9.17, 15) is 4.79 Å². The molecule has 2 unspecified atom stereocenters. The van der Waals surface area contributed by atoms with Gasteiger partial charge in [0.15, 0.2) is 0 Å². The van der Waals surface area contributed by atoms with Crippen LogP contribution in [0.1, 0.15) is 33.6 Å². The fourth-order valence-corrected chi connectivity index (χ4v) is 1.93. The van der Waals surface area contributed by atoms with E-state index < -0.39 is 6.10 Å². The number of anilines is 2. The summed E-state index contributed by atoms with van der Waals surface area (Å²) in [5.41, 5.74) is 6.85. The number of hydrogen-bond donors (Lipinski definition) is 2. The summed E-state index contributed by atoms with van der Waals surface area (Å²) < 4.78 is 10.8. The van der Waals surface area contributed by atoms with Gasteiger partial charge in [-0.2, -0.15) is 0 Å². The monoisotopic (exact) mass is 280 g/mol. The molecule has 0 radical (unpaired) electrons. The molecule has 2 atom stereocenters. The summed E-state index contributed by atoms with van der Waals surface area (Å²) in [6.07, 6.45) is 1.51.